The van der Waals surface area contributed by atoms with Gasteiger partial charge in [-0.1, -0.05) is 48.5 Å². The lowest BCUT2D eigenvalue weighted by Crippen LogP contribution is -2.20. The fourth-order valence-electron chi connectivity index (χ4n) is 2.10. The topological polar surface area (TPSA) is 79.8 Å². The predicted molar refractivity (Wildman–Crippen MR) is 107 cm³/mol. The Morgan fingerprint density at radius 2 is 1.78 bits per heavy atom. The summed E-state index contributed by atoms with van der Waals surface area (Å²) in [5.74, 6) is -0.0371. The molecule has 27 heavy (non-hydrogen) atoms. The van der Waals surface area contributed by atoms with Crippen LogP contribution in [0, 0.1) is 0 Å². The minimum atomic E-state index is -0.370. The Bertz CT molecular complexity index is 837. The molecule has 2 amide bonds. The fraction of sp³-hybridized carbons (Fsp3) is 0.150. The molecule has 140 valence electrons. The molecule has 6 nitrogen and oxygen atoms in total. The summed E-state index contributed by atoms with van der Waals surface area (Å²) in [6.07, 6.45) is 3.15. The second-order valence-corrected chi connectivity index (χ2v) is 5.87. The maximum atomic E-state index is 11.9. The number of carbonyl (C=O) groups excluding carboxylic acids is 2. The highest BCUT2D eigenvalue weighted by Crippen LogP contribution is 2.20. The third-order valence-electron chi connectivity index (χ3n) is 3.40. The molecule has 0 saturated heterocycles. The van der Waals surface area contributed by atoms with Gasteiger partial charge in [-0.2, -0.15) is 5.10 Å². The third kappa shape index (κ3) is 6.95. The van der Waals surface area contributed by atoms with Crippen LogP contribution in [0.1, 0.15) is 18.4 Å². The average Bonchev–Trinajstić information content (AvgIpc) is 2.67. The van der Waals surface area contributed by atoms with E-state index in [0.717, 1.165) is 5.56 Å². The Hall–Kier alpha value is -3.12. The van der Waals surface area contributed by atoms with Crippen molar-refractivity contribution in [3.05, 3.63) is 71.8 Å². The van der Waals surface area contributed by atoms with Gasteiger partial charge >= 0.3 is 0 Å². The number of hydrazone groups is 1. The van der Waals surface area contributed by atoms with Gasteiger partial charge in [0.05, 0.1) is 16.9 Å². The highest BCUT2D eigenvalue weighted by Gasteiger charge is 2.08. The minimum Gasteiger partial charge on any atom is -0.489 e. The molecule has 0 radical (unpaired) electrons. The smallest absolute Gasteiger partial charge is 0.240 e. The Balaban J connectivity index is 1.79. The molecule has 0 aliphatic heterocycles. The van der Waals surface area contributed by atoms with Crippen LogP contribution in [0.2, 0.25) is 5.02 Å². The molecule has 2 N–H and O–H groups in total. The number of hydrogen-bond donors (Lipinski definition) is 2. The molecule has 0 unspecified atom stereocenters. The van der Waals surface area contributed by atoms with Crippen molar-refractivity contribution in [2.45, 2.75) is 12.8 Å². The molecule has 7 heteroatoms. The van der Waals surface area contributed by atoms with Crippen LogP contribution in [0.15, 0.2) is 66.3 Å². The van der Waals surface area contributed by atoms with E-state index in [2.05, 4.69) is 22.4 Å². The largest absolute Gasteiger partial charge is 0.489 e. The van der Waals surface area contributed by atoms with Gasteiger partial charge in [0.1, 0.15) is 12.4 Å². The molecular weight excluding hydrogens is 366 g/mol. The first-order valence-corrected chi connectivity index (χ1v) is 8.67. The molecule has 2 rings (SSSR count). The van der Waals surface area contributed by atoms with Gasteiger partial charge in [0, 0.05) is 18.4 Å². The fourth-order valence-corrected chi connectivity index (χ4v) is 2.28. The number of para-hydroxylation sites is 2. The monoisotopic (exact) mass is 385 g/mol. The number of benzene rings is 2. The van der Waals surface area contributed by atoms with Crippen LogP contribution < -0.4 is 15.5 Å². The summed E-state index contributed by atoms with van der Waals surface area (Å²) in [6.45, 7) is 3.97. The number of nitrogens with zero attached hydrogens (tertiary/aromatic N) is 1. The summed E-state index contributed by atoms with van der Waals surface area (Å²) in [4.78, 5) is 23.7. The molecule has 0 fully saturated rings. The quantitative estimate of drug-likeness (QED) is 0.391. The molecule has 0 aromatic heterocycles. The standard InChI is InChI=1S/C20H20ClN3O3/c1-2-13-27-18-10-6-3-7-15(18)14-22-24-20(26)12-11-19(25)23-17-9-5-4-8-16(17)21/h2-10,14H,1,11-13H2,(H,23,25)(H,24,26). The van der Waals surface area contributed by atoms with Crippen LogP contribution in [0.4, 0.5) is 5.69 Å². The lowest BCUT2D eigenvalue weighted by molar-refractivity contribution is -0.124. The zero-order valence-electron chi connectivity index (χ0n) is 14.7. The third-order valence-corrected chi connectivity index (χ3v) is 3.73. The number of rotatable bonds is 9. The van der Waals surface area contributed by atoms with Crippen molar-refractivity contribution in [3.63, 3.8) is 0 Å². The zero-order chi connectivity index (χ0) is 19.5. The van der Waals surface area contributed by atoms with Gasteiger partial charge in [0.25, 0.3) is 0 Å². The van der Waals surface area contributed by atoms with Crippen molar-refractivity contribution >= 4 is 35.3 Å². The van der Waals surface area contributed by atoms with Gasteiger partial charge in [-0.15, -0.1) is 0 Å². The first-order chi connectivity index (χ1) is 13.1. The van der Waals surface area contributed by atoms with Crippen molar-refractivity contribution in [3.8, 4) is 5.75 Å². The van der Waals surface area contributed by atoms with Gasteiger partial charge in [0.2, 0.25) is 11.8 Å². The van der Waals surface area contributed by atoms with Crippen LogP contribution >= 0.6 is 11.6 Å². The van der Waals surface area contributed by atoms with Crippen LogP contribution in [0.5, 0.6) is 5.75 Å². The Kier molecular flexibility index (Phi) is 8.06. The number of amides is 2. The lowest BCUT2D eigenvalue weighted by atomic mass is 10.2. The van der Waals surface area contributed by atoms with E-state index in [1.807, 2.05) is 18.2 Å². The van der Waals surface area contributed by atoms with Gasteiger partial charge < -0.3 is 10.1 Å². The van der Waals surface area contributed by atoms with E-state index in [4.69, 9.17) is 16.3 Å². The average molecular weight is 386 g/mol. The molecule has 0 heterocycles. The van der Waals surface area contributed by atoms with Crippen molar-refractivity contribution in [2.24, 2.45) is 5.10 Å². The highest BCUT2D eigenvalue weighted by atomic mass is 35.5. The van der Waals surface area contributed by atoms with Crippen LogP contribution in [0.25, 0.3) is 0 Å². The second-order valence-electron chi connectivity index (χ2n) is 5.46. The molecular formula is C20H20ClN3O3. The first-order valence-electron chi connectivity index (χ1n) is 8.29. The van der Waals surface area contributed by atoms with E-state index in [0.29, 0.717) is 23.1 Å². The maximum Gasteiger partial charge on any atom is 0.240 e. The number of hydrogen-bond acceptors (Lipinski definition) is 4. The van der Waals surface area contributed by atoms with Crippen LogP contribution in [-0.4, -0.2) is 24.6 Å². The molecule has 2 aromatic rings. The minimum absolute atomic E-state index is 0.00222. The molecule has 0 aliphatic rings. The first kappa shape index (κ1) is 20.2. The lowest BCUT2D eigenvalue weighted by Gasteiger charge is -2.07. The maximum absolute atomic E-state index is 11.9. The van der Waals surface area contributed by atoms with Gasteiger partial charge in [0.15, 0.2) is 0 Å². The molecule has 0 spiro atoms. The Morgan fingerprint density at radius 1 is 1.07 bits per heavy atom. The molecule has 0 saturated carbocycles. The van der Waals surface area contributed by atoms with E-state index in [-0.39, 0.29) is 24.7 Å². The number of carbonyl (C=O) groups is 2. The van der Waals surface area contributed by atoms with Gasteiger partial charge in [-0.3, -0.25) is 9.59 Å². The second kappa shape index (κ2) is 10.8. The van der Waals surface area contributed by atoms with E-state index in [1.54, 1.807) is 36.4 Å². The summed E-state index contributed by atoms with van der Waals surface area (Å²) < 4.78 is 5.50. The molecule has 0 bridgehead atoms. The zero-order valence-corrected chi connectivity index (χ0v) is 15.4. The molecule has 0 aliphatic carbocycles. The van der Waals surface area contributed by atoms with Crippen molar-refractivity contribution in [1.29, 1.82) is 0 Å². The van der Waals surface area contributed by atoms with E-state index in [1.165, 1.54) is 6.21 Å². The normalized spacial score (nSPS) is 10.4. The predicted octanol–water partition coefficient (Wildman–Crippen LogP) is 3.77. The number of halogens is 1. The van der Waals surface area contributed by atoms with Gasteiger partial charge in [-0.05, 0) is 24.3 Å². The SMILES string of the molecule is C=CCOc1ccccc1C=NNC(=O)CCC(=O)Nc1ccccc1Cl. The van der Waals surface area contributed by atoms with E-state index < -0.39 is 0 Å². The summed E-state index contributed by atoms with van der Waals surface area (Å²) in [5.41, 5.74) is 3.63. The summed E-state index contributed by atoms with van der Waals surface area (Å²) in [5, 5.41) is 7.01. The summed E-state index contributed by atoms with van der Waals surface area (Å²) >= 11 is 5.97. The van der Waals surface area contributed by atoms with Crippen LogP contribution in [-0.2, 0) is 9.59 Å². The van der Waals surface area contributed by atoms with Gasteiger partial charge in [-0.25, -0.2) is 5.43 Å². The van der Waals surface area contributed by atoms with Crippen molar-refractivity contribution in [1.82, 2.24) is 5.43 Å². The Morgan fingerprint density at radius 3 is 2.56 bits per heavy atom. The number of anilines is 1. The van der Waals surface area contributed by atoms with Crippen molar-refractivity contribution < 1.29 is 14.3 Å². The van der Waals surface area contributed by atoms with E-state index in [9.17, 15) is 9.59 Å². The van der Waals surface area contributed by atoms with Crippen molar-refractivity contribution in [2.75, 3.05) is 11.9 Å². The highest BCUT2D eigenvalue weighted by molar-refractivity contribution is 6.33. The number of ether oxygens (including phenoxy) is 1. The molecule has 0 atom stereocenters. The van der Waals surface area contributed by atoms with E-state index >= 15 is 0 Å². The summed E-state index contributed by atoms with van der Waals surface area (Å²) in [6, 6.07) is 14.2. The summed E-state index contributed by atoms with van der Waals surface area (Å²) in [7, 11) is 0. The molecule has 2 aromatic carbocycles. The number of nitrogens with one attached hydrogen (secondary N) is 2. The Labute approximate surface area is 162 Å². The van der Waals surface area contributed by atoms with Crippen LogP contribution in [0.3, 0.4) is 0 Å².